The third kappa shape index (κ3) is 5.31. The number of methoxy groups -OCH3 is 2. The van der Waals surface area contributed by atoms with Crippen molar-refractivity contribution in [3.63, 3.8) is 0 Å². The predicted molar refractivity (Wildman–Crippen MR) is 134 cm³/mol. The second kappa shape index (κ2) is 10.7. The van der Waals surface area contributed by atoms with E-state index in [0.29, 0.717) is 5.56 Å². The summed E-state index contributed by atoms with van der Waals surface area (Å²) in [6.45, 7) is 5.72. The van der Waals surface area contributed by atoms with Gasteiger partial charge in [-0.1, -0.05) is 18.2 Å². The van der Waals surface area contributed by atoms with Crippen molar-refractivity contribution in [2.75, 3.05) is 45.3 Å². The normalized spacial score (nSPS) is 16.2. The van der Waals surface area contributed by atoms with Crippen LogP contribution in [-0.2, 0) is 0 Å². The van der Waals surface area contributed by atoms with Gasteiger partial charge in [0.1, 0.15) is 11.5 Å². The monoisotopic (exact) mass is 465 g/mol. The number of hydrogen-bond donors (Lipinski definition) is 1. The van der Waals surface area contributed by atoms with Crippen molar-refractivity contribution in [2.24, 2.45) is 0 Å². The smallest absolute Gasteiger partial charge is 0.251 e. The van der Waals surface area contributed by atoms with Crippen molar-refractivity contribution in [3.8, 4) is 11.5 Å². The molecule has 174 valence electrons. The highest BCUT2D eigenvalue weighted by Crippen LogP contribution is 2.32. The van der Waals surface area contributed by atoms with Gasteiger partial charge < -0.3 is 19.7 Å². The average Bonchev–Trinajstić information content (AvgIpc) is 3.39. The summed E-state index contributed by atoms with van der Waals surface area (Å²) in [6.07, 6.45) is 0. The van der Waals surface area contributed by atoms with Gasteiger partial charge in [-0.05, 0) is 54.8 Å². The molecule has 4 rings (SSSR count). The third-order valence-electron chi connectivity index (χ3n) is 6.15. The quantitative estimate of drug-likeness (QED) is 0.533. The van der Waals surface area contributed by atoms with Gasteiger partial charge in [-0.2, -0.15) is 0 Å². The van der Waals surface area contributed by atoms with E-state index in [-0.39, 0.29) is 18.0 Å². The molecule has 2 aromatic carbocycles. The van der Waals surface area contributed by atoms with Gasteiger partial charge in [0.2, 0.25) is 0 Å². The molecule has 0 aliphatic carbocycles. The molecular formula is C26H31N3O3S. The molecule has 33 heavy (non-hydrogen) atoms. The maximum atomic E-state index is 12.9. The van der Waals surface area contributed by atoms with Crippen LogP contribution < -0.4 is 19.7 Å². The van der Waals surface area contributed by atoms with Gasteiger partial charge in [0, 0.05) is 42.7 Å². The van der Waals surface area contributed by atoms with Crippen molar-refractivity contribution in [1.29, 1.82) is 0 Å². The van der Waals surface area contributed by atoms with Crippen molar-refractivity contribution in [3.05, 3.63) is 76.5 Å². The van der Waals surface area contributed by atoms with E-state index < -0.39 is 0 Å². The number of nitrogens with one attached hydrogen (secondary N) is 1. The van der Waals surface area contributed by atoms with Crippen LogP contribution in [0.3, 0.4) is 0 Å². The first kappa shape index (κ1) is 23.1. The molecule has 2 unspecified atom stereocenters. The van der Waals surface area contributed by atoms with Gasteiger partial charge in [0.15, 0.2) is 0 Å². The highest BCUT2D eigenvalue weighted by molar-refractivity contribution is 7.10. The molecular weight excluding hydrogens is 434 g/mol. The first-order valence-electron chi connectivity index (χ1n) is 11.2. The predicted octanol–water partition coefficient (Wildman–Crippen LogP) is 4.45. The van der Waals surface area contributed by atoms with E-state index in [4.69, 9.17) is 9.47 Å². The second-order valence-electron chi connectivity index (χ2n) is 8.15. The maximum Gasteiger partial charge on any atom is 0.251 e. The Bertz CT molecular complexity index is 1030. The summed E-state index contributed by atoms with van der Waals surface area (Å²) in [7, 11) is 3.34. The zero-order chi connectivity index (χ0) is 23.2. The number of anilines is 1. The fourth-order valence-electron chi connectivity index (χ4n) is 4.45. The molecule has 1 amide bonds. The Morgan fingerprint density at radius 2 is 1.67 bits per heavy atom. The SMILES string of the molecule is COc1ccc(C(=O)NC(C)C(c2cccs2)N2CCN(c3ccccc3OC)CC2)cc1. The summed E-state index contributed by atoms with van der Waals surface area (Å²) in [4.78, 5) is 19.1. The van der Waals surface area contributed by atoms with E-state index in [9.17, 15) is 4.79 Å². The first-order valence-corrected chi connectivity index (χ1v) is 12.1. The molecule has 7 heteroatoms. The zero-order valence-corrected chi connectivity index (χ0v) is 20.2. The van der Waals surface area contributed by atoms with Crippen LogP contribution in [0.2, 0.25) is 0 Å². The van der Waals surface area contributed by atoms with E-state index in [2.05, 4.69) is 51.7 Å². The summed E-state index contributed by atoms with van der Waals surface area (Å²) < 4.78 is 10.8. The van der Waals surface area contributed by atoms with E-state index in [0.717, 1.165) is 43.4 Å². The minimum atomic E-state index is -0.0700. The van der Waals surface area contributed by atoms with Gasteiger partial charge in [-0.15, -0.1) is 11.3 Å². The number of nitrogens with zero attached hydrogens (tertiary/aromatic N) is 2. The first-order chi connectivity index (χ1) is 16.1. The lowest BCUT2D eigenvalue weighted by atomic mass is 10.0. The molecule has 0 spiro atoms. The molecule has 2 atom stereocenters. The third-order valence-corrected chi connectivity index (χ3v) is 7.10. The molecule has 1 aromatic heterocycles. The average molecular weight is 466 g/mol. The van der Waals surface area contributed by atoms with Crippen LogP contribution in [-0.4, -0.2) is 57.2 Å². The lowest BCUT2D eigenvalue weighted by molar-refractivity contribution is 0.0890. The number of benzene rings is 2. The van der Waals surface area contributed by atoms with Gasteiger partial charge in [0.25, 0.3) is 5.91 Å². The van der Waals surface area contributed by atoms with Crippen molar-refractivity contribution in [2.45, 2.75) is 19.0 Å². The Kier molecular flexibility index (Phi) is 7.52. The molecule has 0 radical (unpaired) electrons. The Morgan fingerprint density at radius 3 is 2.30 bits per heavy atom. The van der Waals surface area contributed by atoms with E-state index in [1.165, 1.54) is 4.88 Å². The largest absolute Gasteiger partial charge is 0.497 e. The fourth-order valence-corrected chi connectivity index (χ4v) is 5.41. The topological polar surface area (TPSA) is 54.0 Å². The number of carbonyl (C=O) groups excluding carboxylic acids is 1. The number of para-hydroxylation sites is 2. The molecule has 3 aromatic rings. The summed E-state index contributed by atoms with van der Waals surface area (Å²) in [5, 5.41) is 5.33. The number of carbonyl (C=O) groups is 1. The van der Waals surface area contributed by atoms with E-state index in [1.54, 1.807) is 37.7 Å². The number of amides is 1. The number of hydrogen-bond acceptors (Lipinski definition) is 6. The van der Waals surface area contributed by atoms with Crippen LogP contribution in [0.15, 0.2) is 66.0 Å². The molecule has 0 bridgehead atoms. The lowest BCUT2D eigenvalue weighted by Crippen LogP contribution is -2.52. The van der Waals surface area contributed by atoms with E-state index in [1.807, 2.05) is 24.3 Å². The van der Waals surface area contributed by atoms with Crippen LogP contribution in [0, 0.1) is 0 Å². The minimum Gasteiger partial charge on any atom is -0.497 e. The molecule has 1 N–H and O–H groups in total. The number of piperazine rings is 1. The van der Waals surface area contributed by atoms with Gasteiger partial charge in [-0.3, -0.25) is 9.69 Å². The van der Waals surface area contributed by atoms with Crippen LogP contribution in [0.1, 0.15) is 28.2 Å². The van der Waals surface area contributed by atoms with Gasteiger partial charge >= 0.3 is 0 Å². The van der Waals surface area contributed by atoms with Crippen LogP contribution in [0.25, 0.3) is 0 Å². The van der Waals surface area contributed by atoms with Crippen molar-refractivity contribution in [1.82, 2.24) is 10.2 Å². The fraction of sp³-hybridized carbons (Fsp3) is 0.346. The number of rotatable bonds is 8. The molecule has 2 heterocycles. The molecule has 6 nitrogen and oxygen atoms in total. The molecule has 1 fully saturated rings. The molecule has 1 aliphatic heterocycles. The zero-order valence-electron chi connectivity index (χ0n) is 19.4. The second-order valence-corrected chi connectivity index (χ2v) is 9.13. The highest BCUT2D eigenvalue weighted by atomic mass is 32.1. The maximum absolute atomic E-state index is 12.9. The van der Waals surface area contributed by atoms with Gasteiger partial charge in [0.05, 0.1) is 25.9 Å². The van der Waals surface area contributed by atoms with Crippen molar-refractivity contribution < 1.29 is 14.3 Å². The molecule has 0 saturated carbocycles. The number of ether oxygens (including phenoxy) is 2. The summed E-state index contributed by atoms with van der Waals surface area (Å²) >= 11 is 1.74. The Labute approximate surface area is 199 Å². The minimum absolute atomic E-state index is 0.0453. The Morgan fingerprint density at radius 1 is 0.939 bits per heavy atom. The molecule has 1 aliphatic rings. The molecule has 1 saturated heterocycles. The van der Waals surface area contributed by atoms with Crippen LogP contribution >= 0.6 is 11.3 Å². The standard InChI is InChI=1S/C26H31N3O3S/c1-19(27-26(30)20-10-12-21(31-2)13-11-20)25(24-9-6-18-33-24)29-16-14-28(15-17-29)22-7-4-5-8-23(22)32-3/h4-13,18-19,25H,14-17H2,1-3H3,(H,27,30). The highest BCUT2D eigenvalue weighted by Gasteiger charge is 2.31. The van der Waals surface area contributed by atoms with Gasteiger partial charge in [-0.25, -0.2) is 0 Å². The lowest BCUT2D eigenvalue weighted by Gasteiger charge is -2.42. The van der Waals surface area contributed by atoms with Crippen LogP contribution in [0.5, 0.6) is 11.5 Å². The Hall–Kier alpha value is -3.03. The summed E-state index contributed by atoms with van der Waals surface area (Å²) in [5.74, 6) is 1.57. The summed E-state index contributed by atoms with van der Waals surface area (Å²) in [6, 6.07) is 19.7. The number of thiophene rings is 1. The van der Waals surface area contributed by atoms with E-state index >= 15 is 0 Å². The van der Waals surface area contributed by atoms with Crippen molar-refractivity contribution >= 4 is 22.9 Å². The van der Waals surface area contributed by atoms with Crippen LogP contribution in [0.4, 0.5) is 5.69 Å². The Balaban J connectivity index is 1.46. The summed E-state index contributed by atoms with van der Waals surface area (Å²) in [5.41, 5.74) is 1.77.